The lowest BCUT2D eigenvalue weighted by molar-refractivity contribution is 0.414. The number of aromatic nitrogens is 2. The predicted octanol–water partition coefficient (Wildman–Crippen LogP) is 3.87. The molecule has 0 spiro atoms. The molecule has 0 radical (unpaired) electrons. The van der Waals surface area contributed by atoms with E-state index in [1.807, 2.05) is 12.1 Å². The van der Waals surface area contributed by atoms with E-state index in [-0.39, 0.29) is 0 Å². The highest BCUT2D eigenvalue weighted by Gasteiger charge is 2.07. The monoisotopic (exact) mass is 299 g/mol. The Morgan fingerprint density at radius 3 is 2.71 bits per heavy atom. The standard InChI is InChI=1S/C16H17N3OS/c1-3-13-8-14-15(18-10-19-16(14)21-13)17-9-11-4-6-12(20-2)7-5-11/h4-8,10H,3,9H2,1-2H3,(H,17,18,19). The lowest BCUT2D eigenvalue weighted by Gasteiger charge is -2.07. The normalized spacial score (nSPS) is 10.8. The largest absolute Gasteiger partial charge is 0.497 e. The predicted molar refractivity (Wildman–Crippen MR) is 87.1 cm³/mol. The Hall–Kier alpha value is -2.14. The van der Waals surface area contributed by atoms with Crippen LogP contribution in [0.1, 0.15) is 17.4 Å². The summed E-state index contributed by atoms with van der Waals surface area (Å²) in [5.74, 6) is 1.76. The third-order valence-corrected chi connectivity index (χ3v) is 4.54. The van der Waals surface area contributed by atoms with Crippen LogP contribution in [0.3, 0.4) is 0 Å². The molecule has 3 aromatic rings. The second-order valence-corrected chi connectivity index (χ2v) is 5.82. The zero-order chi connectivity index (χ0) is 14.7. The van der Waals surface area contributed by atoms with Crippen LogP contribution < -0.4 is 10.1 Å². The first-order valence-corrected chi connectivity index (χ1v) is 7.72. The van der Waals surface area contributed by atoms with E-state index in [4.69, 9.17) is 4.74 Å². The van der Waals surface area contributed by atoms with Crippen molar-refractivity contribution in [3.05, 3.63) is 47.1 Å². The molecule has 0 unspecified atom stereocenters. The number of ether oxygens (including phenoxy) is 1. The maximum atomic E-state index is 5.17. The van der Waals surface area contributed by atoms with Crippen LogP contribution >= 0.6 is 11.3 Å². The summed E-state index contributed by atoms with van der Waals surface area (Å²) < 4.78 is 5.17. The van der Waals surface area contributed by atoms with Crippen LogP contribution in [0.2, 0.25) is 0 Å². The molecule has 21 heavy (non-hydrogen) atoms. The average Bonchev–Trinajstić information content (AvgIpc) is 2.97. The third kappa shape index (κ3) is 2.97. The molecule has 0 aliphatic carbocycles. The maximum Gasteiger partial charge on any atom is 0.138 e. The number of fused-ring (bicyclic) bond motifs is 1. The minimum atomic E-state index is 0.730. The van der Waals surface area contributed by atoms with Crippen molar-refractivity contribution in [2.24, 2.45) is 0 Å². The van der Waals surface area contributed by atoms with Gasteiger partial charge in [0.15, 0.2) is 0 Å². The van der Waals surface area contributed by atoms with Crippen molar-refractivity contribution < 1.29 is 4.74 Å². The molecule has 2 heterocycles. The molecular formula is C16H17N3OS. The molecule has 1 aromatic carbocycles. The van der Waals surface area contributed by atoms with E-state index in [9.17, 15) is 0 Å². The van der Waals surface area contributed by atoms with Gasteiger partial charge in [-0.1, -0.05) is 19.1 Å². The van der Waals surface area contributed by atoms with Crippen LogP contribution in [-0.4, -0.2) is 17.1 Å². The van der Waals surface area contributed by atoms with Gasteiger partial charge in [-0.15, -0.1) is 11.3 Å². The summed E-state index contributed by atoms with van der Waals surface area (Å²) >= 11 is 1.73. The fourth-order valence-electron chi connectivity index (χ4n) is 2.15. The van der Waals surface area contributed by atoms with Crippen molar-refractivity contribution in [1.29, 1.82) is 0 Å². The Morgan fingerprint density at radius 2 is 2.00 bits per heavy atom. The zero-order valence-electron chi connectivity index (χ0n) is 12.1. The van der Waals surface area contributed by atoms with Crippen LogP contribution in [0, 0.1) is 0 Å². The van der Waals surface area contributed by atoms with E-state index in [1.54, 1.807) is 24.8 Å². The zero-order valence-corrected chi connectivity index (χ0v) is 12.9. The van der Waals surface area contributed by atoms with Crippen molar-refractivity contribution in [2.45, 2.75) is 19.9 Å². The first kappa shape index (κ1) is 13.8. The SMILES string of the molecule is CCc1cc2c(NCc3ccc(OC)cc3)ncnc2s1. The Balaban J connectivity index is 1.79. The molecule has 0 aliphatic heterocycles. The molecule has 0 amide bonds. The number of benzene rings is 1. The van der Waals surface area contributed by atoms with Gasteiger partial charge in [0.1, 0.15) is 22.7 Å². The van der Waals surface area contributed by atoms with Gasteiger partial charge in [-0.2, -0.15) is 0 Å². The van der Waals surface area contributed by atoms with Crippen LogP contribution in [0.15, 0.2) is 36.7 Å². The summed E-state index contributed by atoms with van der Waals surface area (Å²) in [4.78, 5) is 11.1. The molecule has 0 atom stereocenters. The number of hydrogen-bond donors (Lipinski definition) is 1. The quantitative estimate of drug-likeness (QED) is 0.777. The Bertz CT molecular complexity index is 737. The number of methoxy groups -OCH3 is 1. The molecule has 1 N–H and O–H groups in total. The second kappa shape index (κ2) is 6.10. The molecule has 0 aliphatic rings. The summed E-state index contributed by atoms with van der Waals surface area (Å²) in [5.41, 5.74) is 1.19. The highest BCUT2D eigenvalue weighted by molar-refractivity contribution is 7.18. The van der Waals surface area contributed by atoms with Crippen molar-refractivity contribution in [2.75, 3.05) is 12.4 Å². The average molecular weight is 299 g/mol. The van der Waals surface area contributed by atoms with Crippen LogP contribution in [0.4, 0.5) is 5.82 Å². The number of hydrogen-bond acceptors (Lipinski definition) is 5. The Labute approximate surface area is 127 Å². The Kier molecular flexibility index (Phi) is 4.01. The smallest absolute Gasteiger partial charge is 0.138 e. The number of rotatable bonds is 5. The number of aryl methyl sites for hydroxylation is 1. The fraction of sp³-hybridized carbons (Fsp3) is 0.250. The van der Waals surface area contributed by atoms with Gasteiger partial charge in [0.25, 0.3) is 0 Å². The molecule has 0 saturated carbocycles. The van der Waals surface area contributed by atoms with E-state index in [2.05, 4.69) is 40.4 Å². The summed E-state index contributed by atoms with van der Waals surface area (Å²) in [7, 11) is 1.67. The topological polar surface area (TPSA) is 47.0 Å². The van der Waals surface area contributed by atoms with Gasteiger partial charge in [0.2, 0.25) is 0 Å². The second-order valence-electron chi connectivity index (χ2n) is 4.71. The highest BCUT2D eigenvalue weighted by Crippen LogP contribution is 2.28. The highest BCUT2D eigenvalue weighted by atomic mass is 32.1. The van der Waals surface area contributed by atoms with E-state index in [0.29, 0.717) is 0 Å². The molecule has 0 saturated heterocycles. The van der Waals surface area contributed by atoms with Gasteiger partial charge < -0.3 is 10.1 Å². The fourth-order valence-corrected chi connectivity index (χ4v) is 3.08. The number of anilines is 1. The summed E-state index contributed by atoms with van der Waals surface area (Å²) in [6.45, 7) is 2.88. The third-order valence-electron chi connectivity index (χ3n) is 3.35. The van der Waals surface area contributed by atoms with Crippen LogP contribution in [0.5, 0.6) is 5.75 Å². The van der Waals surface area contributed by atoms with Gasteiger partial charge in [0.05, 0.1) is 12.5 Å². The summed E-state index contributed by atoms with van der Waals surface area (Å²) in [6, 6.07) is 10.2. The first-order chi connectivity index (χ1) is 10.3. The lowest BCUT2D eigenvalue weighted by Crippen LogP contribution is -2.01. The van der Waals surface area contributed by atoms with E-state index in [1.165, 1.54) is 10.4 Å². The van der Waals surface area contributed by atoms with Gasteiger partial charge in [-0.3, -0.25) is 0 Å². The van der Waals surface area contributed by atoms with Crippen LogP contribution in [0.25, 0.3) is 10.2 Å². The number of nitrogens with one attached hydrogen (secondary N) is 1. The maximum absolute atomic E-state index is 5.17. The van der Waals surface area contributed by atoms with Crippen molar-refractivity contribution in [3.63, 3.8) is 0 Å². The minimum absolute atomic E-state index is 0.730. The van der Waals surface area contributed by atoms with E-state index < -0.39 is 0 Å². The molecule has 3 rings (SSSR count). The molecule has 4 nitrogen and oxygen atoms in total. The molecule has 0 bridgehead atoms. The van der Waals surface area contributed by atoms with Crippen LogP contribution in [-0.2, 0) is 13.0 Å². The molecule has 2 aromatic heterocycles. The van der Waals surface area contributed by atoms with E-state index >= 15 is 0 Å². The summed E-state index contributed by atoms with van der Waals surface area (Å²) in [6.07, 6.45) is 2.65. The van der Waals surface area contributed by atoms with E-state index in [0.717, 1.165) is 34.7 Å². The van der Waals surface area contributed by atoms with Gasteiger partial charge in [0, 0.05) is 11.4 Å². The molecule has 5 heteroatoms. The van der Waals surface area contributed by atoms with Crippen molar-refractivity contribution in [1.82, 2.24) is 9.97 Å². The van der Waals surface area contributed by atoms with Crippen molar-refractivity contribution >= 4 is 27.4 Å². The van der Waals surface area contributed by atoms with Gasteiger partial charge >= 0.3 is 0 Å². The molecule has 0 fully saturated rings. The van der Waals surface area contributed by atoms with Gasteiger partial charge in [-0.05, 0) is 30.2 Å². The Morgan fingerprint density at radius 1 is 1.19 bits per heavy atom. The number of thiophene rings is 1. The van der Waals surface area contributed by atoms with Gasteiger partial charge in [-0.25, -0.2) is 9.97 Å². The van der Waals surface area contributed by atoms with Crippen molar-refractivity contribution in [3.8, 4) is 5.75 Å². The molecular weight excluding hydrogens is 282 g/mol. The first-order valence-electron chi connectivity index (χ1n) is 6.90. The summed E-state index contributed by atoms with van der Waals surface area (Å²) in [5, 5.41) is 4.50. The molecule has 108 valence electrons. The lowest BCUT2D eigenvalue weighted by atomic mass is 10.2. The minimum Gasteiger partial charge on any atom is -0.497 e. The number of nitrogens with zero attached hydrogens (tertiary/aromatic N) is 2.